The Kier molecular flexibility index (Phi) is 2.96. The van der Waals surface area contributed by atoms with Gasteiger partial charge in [-0.2, -0.15) is 0 Å². The molecule has 0 radical (unpaired) electrons. The standard InChI is InChI=1S/C15H20BNO3/c1-14(2)15(3,4)20-16(19-14)11-7-5-10(6-8-11)12-9-17-13(12)18/h5-8,12H,9H2,1-4H3,(H,17,18). The zero-order valence-electron chi connectivity index (χ0n) is 12.4. The molecule has 0 bridgehead atoms. The first-order chi connectivity index (χ1) is 9.30. The Hall–Kier alpha value is -1.33. The van der Waals surface area contributed by atoms with Crippen molar-refractivity contribution in [2.24, 2.45) is 0 Å². The van der Waals surface area contributed by atoms with Gasteiger partial charge in [-0.25, -0.2) is 0 Å². The molecule has 4 nitrogen and oxygen atoms in total. The molecule has 0 aliphatic carbocycles. The van der Waals surface area contributed by atoms with E-state index in [-0.39, 0.29) is 30.1 Å². The van der Waals surface area contributed by atoms with Crippen molar-refractivity contribution in [2.75, 3.05) is 6.54 Å². The largest absolute Gasteiger partial charge is 0.494 e. The number of β-lactam (4-membered cyclic amide) rings is 1. The summed E-state index contributed by atoms with van der Waals surface area (Å²) in [6.45, 7) is 8.90. The van der Waals surface area contributed by atoms with Crippen molar-refractivity contribution < 1.29 is 14.1 Å². The fourth-order valence-electron chi connectivity index (χ4n) is 2.42. The lowest BCUT2D eigenvalue weighted by molar-refractivity contribution is -0.127. The van der Waals surface area contributed by atoms with Gasteiger partial charge < -0.3 is 14.6 Å². The van der Waals surface area contributed by atoms with Gasteiger partial charge >= 0.3 is 7.12 Å². The van der Waals surface area contributed by atoms with Gasteiger partial charge in [0.05, 0.1) is 17.1 Å². The third-order valence-electron chi connectivity index (χ3n) is 4.66. The van der Waals surface area contributed by atoms with Gasteiger partial charge in [-0.05, 0) is 38.7 Å². The van der Waals surface area contributed by atoms with Crippen LogP contribution in [0.1, 0.15) is 39.2 Å². The van der Waals surface area contributed by atoms with Gasteiger partial charge in [-0.1, -0.05) is 24.3 Å². The van der Waals surface area contributed by atoms with E-state index in [2.05, 4.69) is 5.32 Å². The number of carbonyl (C=O) groups excluding carboxylic acids is 1. The lowest BCUT2D eigenvalue weighted by Crippen LogP contribution is -2.46. The van der Waals surface area contributed by atoms with Crippen molar-refractivity contribution in [1.82, 2.24) is 5.32 Å². The van der Waals surface area contributed by atoms with E-state index >= 15 is 0 Å². The molecule has 1 unspecified atom stereocenters. The molecule has 1 aromatic carbocycles. The molecule has 0 spiro atoms. The maximum absolute atomic E-state index is 11.4. The number of rotatable bonds is 2. The summed E-state index contributed by atoms with van der Waals surface area (Å²) in [6, 6.07) is 7.96. The maximum atomic E-state index is 11.4. The first-order valence-corrected chi connectivity index (χ1v) is 7.03. The summed E-state index contributed by atoms with van der Waals surface area (Å²) in [4.78, 5) is 11.4. The van der Waals surface area contributed by atoms with Crippen LogP contribution >= 0.6 is 0 Å². The molecule has 2 aliphatic heterocycles. The smallest absolute Gasteiger partial charge is 0.399 e. The van der Waals surface area contributed by atoms with E-state index < -0.39 is 0 Å². The van der Waals surface area contributed by atoms with Crippen LogP contribution in [0.15, 0.2) is 24.3 Å². The molecule has 106 valence electrons. The predicted molar refractivity (Wildman–Crippen MR) is 77.9 cm³/mol. The molecule has 2 fully saturated rings. The van der Waals surface area contributed by atoms with Crippen molar-refractivity contribution in [3.63, 3.8) is 0 Å². The van der Waals surface area contributed by atoms with Gasteiger partial charge in [0.25, 0.3) is 0 Å². The minimum absolute atomic E-state index is 0.00217. The van der Waals surface area contributed by atoms with E-state index in [1.54, 1.807) is 0 Å². The average Bonchev–Trinajstić information content (AvgIpc) is 2.57. The summed E-state index contributed by atoms with van der Waals surface area (Å²) in [7, 11) is -0.343. The van der Waals surface area contributed by atoms with Crippen LogP contribution in [0, 0.1) is 0 Å². The summed E-state index contributed by atoms with van der Waals surface area (Å²) in [6.07, 6.45) is 0. The number of hydrogen-bond acceptors (Lipinski definition) is 3. The average molecular weight is 273 g/mol. The van der Waals surface area contributed by atoms with Crippen LogP contribution in [0.4, 0.5) is 0 Å². The van der Waals surface area contributed by atoms with E-state index in [1.807, 2.05) is 52.0 Å². The molecule has 1 N–H and O–H groups in total. The molecule has 1 amide bonds. The molecule has 2 aliphatic rings. The third-order valence-corrected chi connectivity index (χ3v) is 4.66. The minimum atomic E-state index is -0.343. The SMILES string of the molecule is CC1(C)OB(c2ccc(C3CNC3=O)cc2)OC1(C)C. The Labute approximate surface area is 120 Å². The fourth-order valence-corrected chi connectivity index (χ4v) is 2.42. The van der Waals surface area contributed by atoms with E-state index in [1.165, 1.54) is 0 Å². The molecule has 5 heteroatoms. The minimum Gasteiger partial charge on any atom is -0.399 e. The van der Waals surface area contributed by atoms with Crippen molar-refractivity contribution in [2.45, 2.75) is 44.8 Å². The van der Waals surface area contributed by atoms with Crippen LogP contribution in [0.3, 0.4) is 0 Å². The Morgan fingerprint density at radius 1 is 1.10 bits per heavy atom. The van der Waals surface area contributed by atoms with Gasteiger partial charge in [0.1, 0.15) is 0 Å². The fraction of sp³-hybridized carbons (Fsp3) is 0.533. The summed E-state index contributed by atoms with van der Waals surface area (Å²) >= 11 is 0. The van der Waals surface area contributed by atoms with Gasteiger partial charge in [-0.15, -0.1) is 0 Å². The quantitative estimate of drug-likeness (QED) is 0.650. The van der Waals surface area contributed by atoms with Crippen molar-refractivity contribution in [3.8, 4) is 0 Å². The van der Waals surface area contributed by atoms with Gasteiger partial charge in [0, 0.05) is 6.54 Å². The second kappa shape index (κ2) is 4.33. The summed E-state index contributed by atoms with van der Waals surface area (Å²) < 4.78 is 12.0. The monoisotopic (exact) mass is 273 g/mol. The lowest BCUT2D eigenvalue weighted by Gasteiger charge is -2.32. The number of hydrogen-bond donors (Lipinski definition) is 1. The molecular formula is C15H20BNO3. The van der Waals surface area contributed by atoms with E-state index in [0.29, 0.717) is 0 Å². The predicted octanol–water partition coefficient (Wildman–Crippen LogP) is 1.20. The summed E-state index contributed by atoms with van der Waals surface area (Å²) in [5.41, 5.74) is 1.38. The van der Waals surface area contributed by atoms with Crippen LogP contribution < -0.4 is 10.8 Å². The van der Waals surface area contributed by atoms with Crippen LogP contribution in [0.2, 0.25) is 0 Å². The zero-order valence-corrected chi connectivity index (χ0v) is 12.4. The molecule has 0 saturated carbocycles. The van der Waals surface area contributed by atoms with E-state index in [9.17, 15) is 4.79 Å². The Bertz CT molecular complexity index is 523. The highest BCUT2D eigenvalue weighted by Crippen LogP contribution is 2.36. The molecule has 0 aromatic heterocycles. The van der Waals surface area contributed by atoms with Crippen molar-refractivity contribution >= 4 is 18.5 Å². The normalized spacial score (nSPS) is 27.1. The van der Waals surface area contributed by atoms with Gasteiger partial charge in [-0.3, -0.25) is 4.79 Å². The lowest BCUT2D eigenvalue weighted by atomic mass is 9.78. The molecule has 1 atom stereocenters. The molecule has 2 heterocycles. The molecule has 20 heavy (non-hydrogen) atoms. The molecule has 2 saturated heterocycles. The Morgan fingerprint density at radius 3 is 2.05 bits per heavy atom. The number of benzene rings is 1. The number of nitrogens with one attached hydrogen (secondary N) is 1. The highest BCUT2D eigenvalue weighted by molar-refractivity contribution is 6.62. The second-order valence-electron chi connectivity index (χ2n) is 6.55. The first-order valence-electron chi connectivity index (χ1n) is 7.03. The van der Waals surface area contributed by atoms with Crippen molar-refractivity contribution in [1.29, 1.82) is 0 Å². The van der Waals surface area contributed by atoms with Crippen LogP contribution in [-0.2, 0) is 14.1 Å². The number of amides is 1. The molecular weight excluding hydrogens is 253 g/mol. The van der Waals surface area contributed by atoms with Crippen LogP contribution in [-0.4, -0.2) is 30.8 Å². The number of carbonyl (C=O) groups is 1. The van der Waals surface area contributed by atoms with Crippen LogP contribution in [0.5, 0.6) is 0 Å². The molecule has 3 rings (SSSR count). The second-order valence-corrected chi connectivity index (χ2v) is 6.55. The topological polar surface area (TPSA) is 47.6 Å². The van der Waals surface area contributed by atoms with Gasteiger partial charge in [0.15, 0.2) is 0 Å². The van der Waals surface area contributed by atoms with Crippen molar-refractivity contribution in [3.05, 3.63) is 29.8 Å². The molecule has 1 aromatic rings. The van der Waals surface area contributed by atoms with E-state index in [0.717, 1.165) is 17.6 Å². The highest BCUT2D eigenvalue weighted by atomic mass is 16.7. The zero-order chi connectivity index (χ0) is 14.5. The highest BCUT2D eigenvalue weighted by Gasteiger charge is 2.51. The first kappa shape index (κ1) is 13.6. The summed E-state index contributed by atoms with van der Waals surface area (Å²) in [5, 5.41) is 2.76. The Balaban J connectivity index is 1.78. The van der Waals surface area contributed by atoms with Crippen LogP contribution in [0.25, 0.3) is 0 Å². The Morgan fingerprint density at radius 2 is 1.65 bits per heavy atom. The third kappa shape index (κ3) is 2.05. The van der Waals surface area contributed by atoms with E-state index in [4.69, 9.17) is 9.31 Å². The maximum Gasteiger partial charge on any atom is 0.494 e. The van der Waals surface area contributed by atoms with Gasteiger partial charge in [0.2, 0.25) is 5.91 Å². The summed E-state index contributed by atoms with van der Waals surface area (Å²) in [5.74, 6) is 0.107.